The van der Waals surface area contributed by atoms with Gasteiger partial charge in [0.1, 0.15) is 0 Å². The zero-order valence-corrected chi connectivity index (χ0v) is 33.3. The summed E-state index contributed by atoms with van der Waals surface area (Å²) in [6, 6.07) is 85.4. The maximum absolute atomic E-state index is 2.47. The van der Waals surface area contributed by atoms with Crippen LogP contribution in [0, 0.1) is 0 Å². The second-order valence-electron chi connectivity index (χ2n) is 16.4. The largest absolute Gasteiger partial charge is 0.309 e. The Morgan fingerprint density at radius 3 is 1.62 bits per heavy atom. The van der Waals surface area contributed by atoms with Crippen molar-refractivity contribution in [2.24, 2.45) is 0 Å². The monoisotopic (exact) mass is 774 g/mol. The fourth-order valence-electron chi connectivity index (χ4n) is 10.8. The molecule has 0 fully saturated rings. The Morgan fingerprint density at radius 1 is 0.311 bits per heavy atom. The van der Waals surface area contributed by atoms with Gasteiger partial charge in [-0.3, -0.25) is 0 Å². The molecule has 0 radical (unpaired) electrons. The quantitative estimate of drug-likeness (QED) is 0.165. The van der Waals surface area contributed by atoms with Gasteiger partial charge in [0.15, 0.2) is 0 Å². The molecule has 2 heteroatoms. The van der Waals surface area contributed by atoms with Crippen LogP contribution in [0.4, 0.5) is 0 Å². The van der Waals surface area contributed by atoms with Crippen LogP contribution in [0.2, 0.25) is 0 Å². The van der Waals surface area contributed by atoms with Gasteiger partial charge in [-0.25, -0.2) is 0 Å². The highest BCUT2D eigenvalue weighted by Crippen LogP contribution is 2.59. The van der Waals surface area contributed by atoms with E-state index >= 15 is 0 Å². The van der Waals surface area contributed by atoms with Crippen LogP contribution in [-0.2, 0) is 5.41 Å². The highest BCUT2D eigenvalue weighted by atomic mass is 15.0. The second-order valence-corrected chi connectivity index (χ2v) is 16.4. The summed E-state index contributed by atoms with van der Waals surface area (Å²) in [5.41, 5.74) is 16.8. The molecule has 0 atom stereocenters. The van der Waals surface area contributed by atoms with E-state index < -0.39 is 5.41 Å². The summed E-state index contributed by atoms with van der Waals surface area (Å²) in [6.07, 6.45) is 0. The minimum absolute atomic E-state index is 0.538. The van der Waals surface area contributed by atoms with Crippen molar-refractivity contribution in [2.75, 3.05) is 0 Å². The van der Waals surface area contributed by atoms with E-state index in [0.717, 1.165) is 5.69 Å². The van der Waals surface area contributed by atoms with Crippen molar-refractivity contribution in [3.8, 4) is 33.6 Å². The van der Waals surface area contributed by atoms with Crippen LogP contribution in [0.3, 0.4) is 0 Å². The Labute approximate surface area is 353 Å². The Kier molecular flexibility index (Phi) is 7.26. The van der Waals surface area contributed by atoms with Gasteiger partial charge >= 0.3 is 0 Å². The summed E-state index contributed by atoms with van der Waals surface area (Å²) < 4.78 is 4.89. The topological polar surface area (TPSA) is 9.86 Å². The molecule has 0 saturated carbocycles. The maximum Gasteiger partial charge on any atom is 0.0720 e. The van der Waals surface area contributed by atoms with E-state index in [1.54, 1.807) is 0 Å². The molecule has 12 aromatic rings. The molecule has 2 nitrogen and oxygen atoms in total. The lowest BCUT2D eigenvalue weighted by Gasteiger charge is -2.34. The van der Waals surface area contributed by atoms with Crippen LogP contribution in [0.25, 0.3) is 88.0 Å². The Balaban J connectivity index is 1.11. The molecule has 1 aliphatic rings. The Bertz CT molecular complexity index is 3650. The van der Waals surface area contributed by atoms with Crippen molar-refractivity contribution >= 4 is 54.4 Å². The van der Waals surface area contributed by atoms with E-state index in [1.165, 1.54) is 105 Å². The van der Waals surface area contributed by atoms with Gasteiger partial charge in [-0.2, -0.15) is 0 Å². The second kappa shape index (κ2) is 13.0. The fourth-order valence-corrected chi connectivity index (χ4v) is 10.8. The van der Waals surface area contributed by atoms with Gasteiger partial charge < -0.3 is 9.13 Å². The van der Waals surface area contributed by atoms with Gasteiger partial charge in [-0.05, 0) is 116 Å². The SMILES string of the molecule is c1ccc(-n2c3ccc(-c4ccc5c(c4)c4ccccc4n5-c4ccc5ccccc5c4)cc3c3c4c(ccc32)-c2ccccc2C4(c2ccccc2)c2ccccc2)cc1. The van der Waals surface area contributed by atoms with E-state index in [0.29, 0.717) is 0 Å². The molecular formula is C59H38N2. The predicted molar refractivity (Wildman–Crippen MR) is 255 cm³/mol. The maximum atomic E-state index is 2.47. The Hall–Kier alpha value is -7.94. The van der Waals surface area contributed by atoms with E-state index in [-0.39, 0.29) is 0 Å². The van der Waals surface area contributed by atoms with Gasteiger partial charge in [0.2, 0.25) is 0 Å². The first kappa shape index (κ1) is 34.0. The number of nitrogens with zero attached hydrogens (tertiary/aromatic N) is 2. The first-order valence-corrected chi connectivity index (χ1v) is 21.2. The lowest BCUT2D eigenvalue weighted by atomic mass is 9.67. The minimum Gasteiger partial charge on any atom is -0.309 e. The average Bonchev–Trinajstić information content (AvgIpc) is 3.96. The van der Waals surface area contributed by atoms with Crippen LogP contribution in [0.1, 0.15) is 22.3 Å². The van der Waals surface area contributed by atoms with Crippen molar-refractivity contribution < 1.29 is 0 Å². The van der Waals surface area contributed by atoms with Gasteiger partial charge in [-0.15, -0.1) is 0 Å². The zero-order valence-electron chi connectivity index (χ0n) is 33.3. The van der Waals surface area contributed by atoms with E-state index in [1.807, 2.05) is 0 Å². The number of rotatable bonds is 5. The molecule has 2 aromatic heterocycles. The lowest BCUT2D eigenvalue weighted by molar-refractivity contribution is 0.776. The lowest BCUT2D eigenvalue weighted by Crippen LogP contribution is -2.28. The molecule has 0 unspecified atom stereocenters. The molecule has 0 N–H and O–H groups in total. The summed E-state index contributed by atoms with van der Waals surface area (Å²) in [5.74, 6) is 0. The molecule has 0 saturated heterocycles. The molecule has 0 bridgehead atoms. The molecule has 13 rings (SSSR count). The summed E-state index contributed by atoms with van der Waals surface area (Å²) >= 11 is 0. The van der Waals surface area contributed by atoms with Crippen LogP contribution in [-0.4, -0.2) is 9.13 Å². The summed E-state index contributed by atoms with van der Waals surface area (Å²) in [5, 5.41) is 7.52. The Morgan fingerprint density at radius 2 is 0.869 bits per heavy atom. The van der Waals surface area contributed by atoms with Crippen molar-refractivity contribution in [3.63, 3.8) is 0 Å². The number of hydrogen-bond acceptors (Lipinski definition) is 0. The molecule has 61 heavy (non-hydrogen) atoms. The number of benzene rings is 10. The molecule has 0 spiro atoms. The van der Waals surface area contributed by atoms with Crippen LogP contribution in [0.15, 0.2) is 231 Å². The number of fused-ring (bicyclic) bond motifs is 11. The zero-order chi connectivity index (χ0) is 40.1. The van der Waals surface area contributed by atoms with Crippen LogP contribution in [0.5, 0.6) is 0 Å². The summed E-state index contributed by atoms with van der Waals surface area (Å²) in [4.78, 5) is 0. The van der Waals surface area contributed by atoms with Gasteiger partial charge in [0.25, 0.3) is 0 Å². The smallest absolute Gasteiger partial charge is 0.0720 e. The molecule has 1 aliphatic carbocycles. The predicted octanol–water partition coefficient (Wildman–Crippen LogP) is 15.1. The molecule has 2 heterocycles. The standard InChI is InChI=1S/C59H38N2/c1-4-18-43(19-5-1)59(44-20-6-2-7-21-44)52-26-14-12-24-47(52)49-32-35-56-57(58(49)59)51-38-42(30-34-55(51)60(56)45-22-8-3-9-23-45)41-29-33-54-50(37-41)48-25-13-15-27-53(48)61(54)46-31-28-39-16-10-11-17-40(39)36-46/h1-38H. The summed E-state index contributed by atoms with van der Waals surface area (Å²) in [6.45, 7) is 0. The number of para-hydroxylation sites is 2. The van der Waals surface area contributed by atoms with E-state index in [2.05, 4.69) is 240 Å². The van der Waals surface area contributed by atoms with Crippen molar-refractivity contribution in [3.05, 3.63) is 253 Å². The third-order valence-electron chi connectivity index (χ3n) is 13.4. The third kappa shape index (κ3) is 4.79. The van der Waals surface area contributed by atoms with E-state index in [9.17, 15) is 0 Å². The highest BCUT2D eigenvalue weighted by molar-refractivity contribution is 6.17. The first-order valence-electron chi connectivity index (χ1n) is 21.2. The summed E-state index contributed by atoms with van der Waals surface area (Å²) in [7, 11) is 0. The first-order chi connectivity index (χ1) is 30.3. The van der Waals surface area contributed by atoms with Crippen molar-refractivity contribution in [2.45, 2.75) is 5.41 Å². The van der Waals surface area contributed by atoms with E-state index in [4.69, 9.17) is 0 Å². The van der Waals surface area contributed by atoms with Crippen molar-refractivity contribution in [1.29, 1.82) is 0 Å². The molecule has 0 amide bonds. The minimum atomic E-state index is -0.538. The van der Waals surface area contributed by atoms with Crippen LogP contribution < -0.4 is 0 Å². The van der Waals surface area contributed by atoms with Gasteiger partial charge in [0.05, 0.1) is 27.5 Å². The van der Waals surface area contributed by atoms with Crippen LogP contribution >= 0.6 is 0 Å². The molecule has 284 valence electrons. The number of aromatic nitrogens is 2. The van der Waals surface area contributed by atoms with Gasteiger partial charge in [-0.1, -0.05) is 170 Å². The number of hydrogen-bond donors (Lipinski definition) is 0. The highest BCUT2D eigenvalue weighted by Gasteiger charge is 2.47. The average molecular weight is 775 g/mol. The molecule has 10 aromatic carbocycles. The molecular weight excluding hydrogens is 737 g/mol. The third-order valence-corrected chi connectivity index (χ3v) is 13.4. The fraction of sp³-hybridized carbons (Fsp3) is 0.0169. The van der Waals surface area contributed by atoms with Gasteiger partial charge in [0, 0.05) is 32.9 Å². The molecule has 0 aliphatic heterocycles. The van der Waals surface area contributed by atoms with Crippen molar-refractivity contribution in [1.82, 2.24) is 9.13 Å². The normalized spacial score (nSPS) is 13.0.